The molecule has 0 fully saturated rings. The molecule has 2 aromatic rings. The van der Waals surface area contributed by atoms with E-state index in [4.69, 9.17) is 11.6 Å². The molecule has 6 heteroatoms. The zero-order chi connectivity index (χ0) is 10.8. The topological polar surface area (TPSA) is 63.6 Å². The van der Waals surface area contributed by atoms with Crippen molar-refractivity contribution in [3.63, 3.8) is 0 Å². The van der Waals surface area contributed by atoms with Gasteiger partial charge in [0.15, 0.2) is 11.0 Å². The van der Waals surface area contributed by atoms with Gasteiger partial charge in [0.1, 0.15) is 0 Å². The van der Waals surface area contributed by atoms with Gasteiger partial charge in [0.25, 0.3) is 5.56 Å². The van der Waals surface area contributed by atoms with Gasteiger partial charge in [-0.2, -0.15) is 4.68 Å². The standard InChI is InChI=1S/C9H9ClN4O/c1-2-6-5-9(15)14(13-6)8-4-3-7(10)11-12-8/h3-5,13H,2H2,1H3. The highest BCUT2D eigenvalue weighted by Gasteiger charge is 2.05. The molecule has 0 saturated heterocycles. The molecule has 0 aliphatic heterocycles. The van der Waals surface area contributed by atoms with Crippen LogP contribution < -0.4 is 5.56 Å². The number of rotatable bonds is 2. The molecule has 5 nitrogen and oxygen atoms in total. The molecule has 78 valence electrons. The minimum Gasteiger partial charge on any atom is -0.294 e. The summed E-state index contributed by atoms with van der Waals surface area (Å²) in [6.45, 7) is 1.96. The second kappa shape index (κ2) is 3.86. The van der Waals surface area contributed by atoms with Gasteiger partial charge in [0.2, 0.25) is 0 Å². The summed E-state index contributed by atoms with van der Waals surface area (Å²) in [7, 11) is 0. The number of aryl methyl sites for hydroxylation is 1. The fraction of sp³-hybridized carbons (Fsp3) is 0.222. The number of aromatic amines is 1. The van der Waals surface area contributed by atoms with E-state index >= 15 is 0 Å². The highest BCUT2D eigenvalue weighted by molar-refractivity contribution is 6.29. The lowest BCUT2D eigenvalue weighted by Gasteiger charge is -1.98. The maximum atomic E-state index is 11.5. The molecule has 0 unspecified atom stereocenters. The third kappa shape index (κ3) is 1.92. The molecule has 2 heterocycles. The summed E-state index contributed by atoms with van der Waals surface area (Å²) < 4.78 is 1.34. The molecule has 1 N–H and O–H groups in total. The van der Waals surface area contributed by atoms with Crippen LogP contribution in [-0.2, 0) is 6.42 Å². The Morgan fingerprint density at radius 2 is 2.27 bits per heavy atom. The molecule has 0 radical (unpaired) electrons. The third-order valence-corrected chi connectivity index (χ3v) is 2.20. The van der Waals surface area contributed by atoms with E-state index in [-0.39, 0.29) is 5.56 Å². The van der Waals surface area contributed by atoms with E-state index in [1.165, 1.54) is 10.7 Å². The molecule has 0 saturated carbocycles. The van der Waals surface area contributed by atoms with Crippen molar-refractivity contribution in [3.05, 3.63) is 39.4 Å². The van der Waals surface area contributed by atoms with Crippen molar-refractivity contribution in [2.75, 3.05) is 0 Å². The number of hydrogen-bond acceptors (Lipinski definition) is 3. The fourth-order valence-electron chi connectivity index (χ4n) is 1.22. The van der Waals surface area contributed by atoms with Gasteiger partial charge in [-0.05, 0) is 18.6 Å². The first-order valence-electron chi connectivity index (χ1n) is 4.51. The van der Waals surface area contributed by atoms with Gasteiger partial charge < -0.3 is 0 Å². The highest BCUT2D eigenvalue weighted by Crippen LogP contribution is 2.04. The van der Waals surface area contributed by atoms with Crippen LogP contribution in [0.15, 0.2) is 23.0 Å². The average molecular weight is 225 g/mol. The fourth-order valence-corrected chi connectivity index (χ4v) is 1.32. The summed E-state index contributed by atoms with van der Waals surface area (Å²) in [5, 5.41) is 10.7. The first-order valence-corrected chi connectivity index (χ1v) is 4.89. The van der Waals surface area contributed by atoms with E-state index in [1.54, 1.807) is 12.1 Å². The summed E-state index contributed by atoms with van der Waals surface area (Å²) in [6.07, 6.45) is 0.767. The minimum atomic E-state index is -0.150. The Kier molecular flexibility index (Phi) is 2.55. The van der Waals surface area contributed by atoms with E-state index in [9.17, 15) is 4.79 Å². The zero-order valence-electron chi connectivity index (χ0n) is 8.07. The van der Waals surface area contributed by atoms with Gasteiger partial charge in [-0.25, -0.2) is 0 Å². The predicted octanol–water partition coefficient (Wildman–Crippen LogP) is 1.17. The molecule has 2 aromatic heterocycles. The van der Waals surface area contributed by atoms with Crippen LogP contribution in [0, 0.1) is 0 Å². The number of aromatic nitrogens is 4. The average Bonchev–Trinajstić information content (AvgIpc) is 2.61. The Hall–Kier alpha value is -1.62. The maximum absolute atomic E-state index is 11.5. The van der Waals surface area contributed by atoms with Crippen molar-refractivity contribution in [1.82, 2.24) is 20.0 Å². The lowest BCUT2D eigenvalue weighted by atomic mass is 10.3. The van der Waals surface area contributed by atoms with Crippen LogP contribution in [0.1, 0.15) is 12.6 Å². The first-order chi connectivity index (χ1) is 7.20. The van der Waals surface area contributed by atoms with Crippen molar-refractivity contribution in [2.24, 2.45) is 0 Å². The summed E-state index contributed by atoms with van der Waals surface area (Å²) in [5.41, 5.74) is 0.709. The zero-order valence-corrected chi connectivity index (χ0v) is 8.82. The van der Waals surface area contributed by atoms with Crippen LogP contribution in [-0.4, -0.2) is 20.0 Å². The summed E-state index contributed by atoms with van der Waals surface area (Å²) in [5.74, 6) is 0.434. The van der Waals surface area contributed by atoms with E-state index in [1.807, 2.05) is 6.92 Å². The van der Waals surface area contributed by atoms with Crippen molar-refractivity contribution >= 4 is 11.6 Å². The molecule has 0 bridgehead atoms. The third-order valence-electron chi connectivity index (χ3n) is 2.00. The summed E-state index contributed by atoms with van der Waals surface area (Å²) in [4.78, 5) is 11.5. The number of nitrogens with zero attached hydrogens (tertiary/aromatic N) is 3. The highest BCUT2D eigenvalue weighted by atomic mass is 35.5. The SMILES string of the molecule is CCc1cc(=O)n(-c2ccc(Cl)nn2)[nH]1. The summed E-state index contributed by atoms with van der Waals surface area (Å²) >= 11 is 5.60. The molecule has 0 amide bonds. The van der Waals surface area contributed by atoms with Gasteiger partial charge in [-0.1, -0.05) is 18.5 Å². The largest absolute Gasteiger partial charge is 0.294 e. The van der Waals surface area contributed by atoms with Crippen LogP contribution in [0.4, 0.5) is 0 Å². The second-order valence-electron chi connectivity index (χ2n) is 3.02. The Morgan fingerprint density at radius 3 is 2.80 bits per heavy atom. The van der Waals surface area contributed by atoms with Crippen molar-refractivity contribution in [2.45, 2.75) is 13.3 Å². The number of H-pyrrole nitrogens is 1. The lowest BCUT2D eigenvalue weighted by Crippen LogP contribution is -2.15. The Morgan fingerprint density at radius 1 is 1.47 bits per heavy atom. The quantitative estimate of drug-likeness (QED) is 0.833. The lowest BCUT2D eigenvalue weighted by molar-refractivity contribution is 0.773. The molecule has 0 aliphatic carbocycles. The van der Waals surface area contributed by atoms with Gasteiger partial charge >= 0.3 is 0 Å². The molecule has 2 rings (SSSR count). The van der Waals surface area contributed by atoms with E-state index < -0.39 is 0 Å². The monoisotopic (exact) mass is 224 g/mol. The Labute approximate surface area is 90.7 Å². The van der Waals surface area contributed by atoms with Crippen LogP contribution in [0.5, 0.6) is 0 Å². The number of halogens is 1. The Bertz CT molecular complexity index is 514. The van der Waals surface area contributed by atoms with Crippen LogP contribution in [0.2, 0.25) is 5.15 Å². The Balaban J connectivity index is 2.49. The number of hydrogen-bond donors (Lipinski definition) is 1. The van der Waals surface area contributed by atoms with Gasteiger partial charge in [0.05, 0.1) is 0 Å². The van der Waals surface area contributed by atoms with Crippen LogP contribution in [0.3, 0.4) is 0 Å². The van der Waals surface area contributed by atoms with E-state index in [2.05, 4.69) is 15.3 Å². The second-order valence-corrected chi connectivity index (χ2v) is 3.41. The summed E-state index contributed by atoms with van der Waals surface area (Å²) in [6, 6.07) is 4.76. The van der Waals surface area contributed by atoms with Gasteiger partial charge in [-0.3, -0.25) is 9.89 Å². The number of nitrogens with one attached hydrogen (secondary N) is 1. The van der Waals surface area contributed by atoms with Gasteiger partial charge in [-0.15, -0.1) is 10.2 Å². The maximum Gasteiger partial charge on any atom is 0.272 e. The van der Waals surface area contributed by atoms with Crippen molar-refractivity contribution in [1.29, 1.82) is 0 Å². The van der Waals surface area contributed by atoms with Crippen molar-refractivity contribution < 1.29 is 0 Å². The smallest absolute Gasteiger partial charge is 0.272 e. The molecule has 15 heavy (non-hydrogen) atoms. The molecular weight excluding hydrogens is 216 g/mol. The van der Waals surface area contributed by atoms with E-state index in [0.29, 0.717) is 11.0 Å². The van der Waals surface area contributed by atoms with Crippen LogP contribution >= 0.6 is 11.6 Å². The molecule has 0 aliphatic rings. The molecule has 0 spiro atoms. The molecule has 0 atom stereocenters. The van der Waals surface area contributed by atoms with E-state index in [0.717, 1.165) is 12.1 Å². The molecule has 0 aromatic carbocycles. The predicted molar refractivity (Wildman–Crippen MR) is 56.4 cm³/mol. The van der Waals surface area contributed by atoms with Crippen LogP contribution in [0.25, 0.3) is 5.82 Å². The normalized spacial score (nSPS) is 10.5. The minimum absolute atomic E-state index is 0.150. The van der Waals surface area contributed by atoms with Gasteiger partial charge in [0, 0.05) is 11.8 Å². The molecular formula is C9H9ClN4O. The van der Waals surface area contributed by atoms with Crippen molar-refractivity contribution in [3.8, 4) is 5.82 Å². The first kappa shape index (κ1) is 9.92.